The van der Waals surface area contributed by atoms with Crippen LogP contribution in [0.15, 0.2) is 0 Å². The monoisotopic (exact) mass is 293 g/mol. The maximum Gasteiger partial charge on any atom is 0.401 e. The number of halogens is 3. The third kappa shape index (κ3) is 3.62. The maximum absolute atomic E-state index is 12.4. The normalized spacial score (nSPS) is 26.1. The molecule has 1 heterocycles. The van der Waals surface area contributed by atoms with Crippen molar-refractivity contribution in [1.29, 1.82) is 0 Å². The van der Waals surface area contributed by atoms with Crippen LogP contribution in [-0.2, 0) is 9.59 Å². The Morgan fingerprint density at radius 1 is 1.35 bits per heavy atom. The van der Waals surface area contributed by atoms with Gasteiger partial charge in [0, 0.05) is 6.54 Å². The Morgan fingerprint density at radius 3 is 2.50 bits per heavy atom. The molecule has 2 fully saturated rings. The van der Waals surface area contributed by atoms with E-state index in [9.17, 15) is 22.8 Å². The zero-order chi connectivity index (χ0) is 15.0. The number of rotatable bonds is 4. The highest BCUT2D eigenvalue weighted by Gasteiger charge is 2.50. The number of hydrogen-bond donors (Lipinski definition) is 2. The van der Waals surface area contributed by atoms with Crippen LogP contribution in [0.4, 0.5) is 13.2 Å². The minimum atomic E-state index is -4.26. The molecular formula is C12H18F3N3O2. The van der Waals surface area contributed by atoms with Crippen molar-refractivity contribution in [3.05, 3.63) is 0 Å². The van der Waals surface area contributed by atoms with E-state index in [-0.39, 0.29) is 12.5 Å². The van der Waals surface area contributed by atoms with E-state index in [2.05, 4.69) is 5.32 Å². The molecule has 2 aliphatic rings. The van der Waals surface area contributed by atoms with Crippen molar-refractivity contribution in [2.24, 2.45) is 11.7 Å². The standard InChI is InChI=1S/C12H18F3N3O2/c13-12(14,15)7-18-5-1-2-8(6-18)9(19)17-11(3-4-11)10(16)20/h8H,1-7H2,(H2,16,20)(H,17,19). The van der Waals surface area contributed by atoms with Crippen LogP contribution in [0.2, 0.25) is 0 Å². The molecule has 2 rings (SSSR count). The van der Waals surface area contributed by atoms with Crippen molar-refractivity contribution in [2.45, 2.75) is 37.4 Å². The topological polar surface area (TPSA) is 75.4 Å². The van der Waals surface area contributed by atoms with Crippen LogP contribution >= 0.6 is 0 Å². The molecule has 0 bridgehead atoms. The predicted octanol–water partition coefficient (Wildman–Crippen LogP) is 0.395. The average Bonchev–Trinajstić information content (AvgIpc) is 3.08. The molecule has 3 N–H and O–H groups in total. The number of hydrogen-bond acceptors (Lipinski definition) is 3. The number of carbonyl (C=O) groups excluding carboxylic acids is 2. The van der Waals surface area contributed by atoms with E-state index in [1.165, 1.54) is 4.90 Å². The summed E-state index contributed by atoms with van der Waals surface area (Å²) in [6.07, 6.45) is -2.17. The van der Waals surface area contributed by atoms with Gasteiger partial charge in [0.1, 0.15) is 5.54 Å². The SMILES string of the molecule is NC(=O)C1(NC(=O)C2CCCN(CC(F)(F)F)C2)CC1. The molecule has 1 unspecified atom stereocenters. The summed E-state index contributed by atoms with van der Waals surface area (Å²) >= 11 is 0. The van der Waals surface area contributed by atoms with Gasteiger partial charge in [-0.05, 0) is 32.2 Å². The van der Waals surface area contributed by atoms with Crippen LogP contribution in [0.25, 0.3) is 0 Å². The quantitative estimate of drug-likeness (QED) is 0.787. The Labute approximate surface area is 114 Å². The summed E-state index contributed by atoms with van der Waals surface area (Å²) in [5.41, 5.74) is 4.25. The first-order valence-corrected chi connectivity index (χ1v) is 6.63. The largest absolute Gasteiger partial charge is 0.401 e. The highest BCUT2D eigenvalue weighted by molar-refractivity contribution is 5.93. The molecule has 0 radical (unpaired) electrons. The minimum absolute atomic E-state index is 0.0696. The zero-order valence-corrected chi connectivity index (χ0v) is 11.0. The molecule has 1 aliphatic heterocycles. The second-order valence-electron chi connectivity index (χ2n) is 5.63. The smallest absolute Gasteiger partial charge is 0.368 e. The van der Waals surface area contributed by atoms with Gasteiger partial charge in [0.05, 0.1) is 12.5 Å². The van der Waals surface area contributed by atoms with Gasteiger partial charge >= 0.3 is 6.18 Å². The molecule has 2 amide bonds. The number of likely N-dealkylation sites (tertiary alicyclic amines) is 1. The van der Waals surface area contributed by atoms with Gasteiger partial charge in [-0.15, -0.1) is 0 Å². The van der Waals surface area contributed by atoms with Gasteiger partial charge in [-0.1, -0.05) is 0 Å². The van der Waals surface area contributed by atoms with E-state index in [0.29, 0.717) is 32.2 Å². The third-order valence-corrected chi connectivity index (χ3v) is 3.86. The lowest BCUT2D eigenvalue weighted by Crippen LogP contribution is -2.52. The van der Waals surface area contributed by atoms with E-state index in [4.69, 9.17) is 5.73 Å². The summed E-state index contributed by atoms with van der Waals surface area (Å²) in [5.74, 6) is -1.45. The first-order valence-electron chi connectivity index (χ1n) is 6.63. The summed E-state index contributed by atoms with van der Waals surface area (Å²) in [6.45, 7) is -0.595. The van der Waals surface area contributed by atoms with Crippen LogP contribution in [0.1, 0.15) is 25.7 Å². The van der Waals surface area contributed by atoms with Crippen LogP contribution in [0.5, 0.6) is 0 Å². The van der Waals surface area contributed by atoms with Crippen molar-refractivity contribution in [2.75, 3.05) is 19.6 Å². The molecule has 5 nitrogen and oxygen atoms in total. The number of piperidine rings is 1. The van der Waals surface area contributed by atoms with Gasteiger partial charge in [0.25, 0.3) is 0 Å². The van der Waals surface area contributed by atoms with Crippen LogP contribution in [0.3, 0.4) is 0 Å². The van der Waals surface area contributed by atoms with Gasteiger partial charge in [0.2, 0.25) is 11.8 Å². The molecule has 0 spiro atoms. The lowest BCUT2D eigenvalue weighted by Gasteiger charge is -2.33. The summed E-state index contributed by atoms with van der Waals surface area (Å²) in [7, 11) is 0. The molecule has 0 aromatic rings. The van der Waals surface area contributed by atoms with Crippen molar-refractivity contribution in [1.82, 2.24) is 10.2 Å². The number of amides is 2. The molecule has 20 heavy (non-hydrogen) atoms. The van der Waals surface area contributed by atoms with Gasteiger partial charge in [-0.2, -0.15) is 13.2 Å². The van der Waals surface area contributed by atoms with E-state index in [1.807, 2.05) is 0 Å². The van der Waals surface area contributed by atoms with Gasteiger partial charge in [0.15, 0.2) is 0 Å². The maximum atomic E-state index is 12.4. The molecule has 8 heteroatoms. The van der Waals surface area contributed by atoms with Crippen molar-refractivity contribution in [3.8, 4) is 0 Å². The van der Waals surface area contributed by atoms with Crippen molar-refractivity contribution in [3.63, 3.8) is 0 Å². The predicted molar refractivity (Wildman–Crippen MR) is 64.5 cm³/mol. The fourth-order valence-corrected chi connectivity index (χ4v) is 2.56. The third-order valence-electron chi connectivity index (χ3n) is 3.86. The average molecular weight is 293 g/mol. The highest BCUT2D eigenvalue weighted by Crippen LogP contribution is 2.35. The zero-order valence-electron chi connectivity index (χ0n) is 11.0. The van der Waals surface area contributed by atoms with Gasteiger partial charge in [-0.3, -0.25) is 14.5 Å². The number of nitrogens with one attached hydrogen (secondary N) is 1. The number of primary amides is 1. The second kappa shape index (κ2) is 5.23. The molecule has 114 valence electrons. The van der Waals surface area contributed by atoms with E-state index < -0.39 is 30.1 Å². The van der Waals surface area contributed by atoms with Gasteiger partial charge < -0.3 is 11.1 Å². The molecular weight excluding hydrogens is 275 g/mol. The Kier molecular flexibility index (Phi) is 3.95. The summed E-state index contributed by atoms with van der Waals surface area (Å²) in [5, 5.41) is 2.60. The molecule has 1 aliphatic carbocycles. The summed E-state index contributed by atoms with van der Waals surface area (Å²) < 4.78 is 37.1. The Morgan fingerprint density at radius 2 is 2.00 bits per heavy atom. The van der Waals surface area contributed by atoms with Crippen LogP contribution in [-0.4, -0.2) is 48.1 Å². The minimum Gasteiger partial charge on any atom is -0.368 e. The summed E-state index contributed by atoms with van der Waals surface area (Å²) in [4.78, 5) is 24.5. The Balaban J connectivity index is 1.89. The Hall–Kier alpha value is -1.31. The number of carbonyl (C=O) groups is 2. The highest BCUT2D eigenvalue weighted by atomic mass is 19.4. The molecule has 1 atom stereocenters. The van der Waals surface area contributed by atoms with E-state index in [1.54, 1.807) is 0 Å². The number of nitrogens with zero attached hydrogens (tertiary/aromatic N) is 1. The fraction of sp³-hybridized carbons (Fsp3) is 0.833. The molecule has 1 saturated carbocycles. The van der Waals surface area contributed by atoms with Crippen molar-refractivity contribution < 1.29 is 22.8 Å². The molecule has 0 aromatic heterocycles. The first kappa shape index (κ1) is 15.1. The fourth-order valence-electron chi connectivity index (χ4n) is 2.56. The lowest BCUT2D eigenvalue weighted by atomic mass is 9.96. The number of nitrogens with two attached hydrogens (primary N) is 1. The number of alkyl halides is 3. The summed E-state index contributed by atoms with van der Waals surface area (Å²) in [6, 6.07) is 0. The molecule has 0 aromatic carbocycles. The Bertz CT molecular complexity index is 407. The molecule has 1 saturated heterocycles. The second-order valence-corrected chi connectivity index (χ2v) is 5.63. The van der Waals surface area contributed by atoms with Crippen LogP contribution < -0.4 is 11.1 Å². The van der Waals surface area contributed by atoms with Crippen LogP contribution in [0, 0.1) is 5.92 Å². The first-order chi connectivity index (χ1) is 9.22. The van der Waals surface area contributed by atoms with Gasteiger partial charge in [-0.25, -0.2) is 0 Å². The van der Waals surface area contributed by atoms with Crippen molar-refractivity contribution >= 4 is 11.8 Å². The van der Waals surface area contributed by atoms with E-state index >= 15 is 0 Å². The van der Waals surface area contributed by atoms with E-state index in [0.717, 1.165) is 0 Å². The lowest BCUT2D eigenvalue weighted by molar-refractivity contribution is -0.152.